The first-order valence-electron chi connectivity index (χ1n) is 4.35. The summed E-state index contributed by atoms with van der Waals surface area (Å²) in [5.41, 5.74) is 0.309. The molecule has 16 heavy (non-hydrogen) atoms. The minimum Gasteiger partial charge on any atom is -0.246 e. The van der Waals surface area contributed by atoms with Crippen LogP contribution in [0.3, 0.4) is 0 Å². The molecule has 0 amide bonds. The van der Waals surface area contributed by atoms with Crippen molar-refractivity contribution in [1.29, 1.82) is 0 Å². The number of allylic oxidation sites excluding steroid dienone is 4. The SMILES string of the molecule is O=S(=O)=C1C=C(CF)C=CC1n1cnnn1. The van der Waals surface area contributed by atoms with Crippen molar-refractivity contribution in [3.8, 4) is 0 Å². The molecule has 84 valence electrons. The van der Waals surface area contributed by atoms with E-state index < -0.39 is 23.0 Å². The van der Waals surface area contributed by atoms with Gasteiger partial charge in [0.2, 0.25) is 10.3 Å². The number of tetrazole rings is 1. The van der Waals surface area contributed by atoms with Gasteiger partial charge in [-0.25, -0.2) is 9.07 Å². The maximum Gasteiger partial charge on any atom is 0.219 e. The van der Waals surface area contributed by atoms with Crippen LogP contribution in [0.5, 0.6) is 0 Å². The highest BCUT2D eigenvalue weighted by Crippen LogP contribution is 2.17. The van der Waals surface area contributed by atoms with Crippen molar-refractivity contribution < 1.29 is 12.8 Å². The van der Waals surface area contributed by atoms with E-state index in [1.54, 1.807) is 0 Å². The van der Waals surface area contributed by atoms with E-state index in [1.165, 1.54) is 29.2 Å². The quantitative estimate of drug-likeness (QED) is 0.667. The number of hydrogen-bond donors (Lipinski definition) is 0. The van der Waals surface area contributed by atoms with E-state index in [4.69, 9.17) is 0 Å². The van der Waals surface area contributed by atoms with Gasteiger partial charge in [-0.05, 0) is 22.1 Å². The van der Waals surface area contributed by atoms with Crippen LogP contribution in [0.25, 0.3) is 0 Å². The summed E-state index contributed by atoms with van der Waals surface area (Å²) in [6.07, 6.45) is 5.64. The Balaban J connectivity index is 2.48. The van der Waals surface area contributed by atoms with Crippen molar-refractivity contribution in [2.24, 2.45) is 0 Å². The molecule has 1 aromatic heterocycles. The highest BCUT2D eigenvalue weighted by molar-refractivity contribution is 7.73. The molecule has 8 heteroatoms. The van der Waals surface area contributed by atoms with E-state index in [0.29, 0.717) is 5.57 Å². The highest BCUT2D eigenvalue weighted by Gasteiger charge is 2.20. The van der Waals surface area contributed by atoms with Gasteiger partial charge in [0.25, 0.3) is 0 Å². The van der Waals surface area contributed by atoms with Gasteiger partial charge < -0.3 is 0 Å². The number of rotatable bonds is 2. The van der Waals surface area contributed by atoms with Crippen LogP contribution < -0.4 is 0 Å². The Morgan fingerprint density at radius 3 is 2.88 bits per heavy atom. The van der Waals surface area contributed by atoms with Crippen LogP contribution in [0.15, 0.2) is 30.1 Å². The lowest BCUT2D eigenvalue weighted by atomic mass is 10.0. The summed E-state index contributed by atoms with van der Waals surface area (Å²) in [7, 11) is -2.43. The largest absolute Gasteiger partial charge is 0.246 e. The average Bonchev–Trinajstić information content (AvgIpc) is 2.81. The molecule has 0 aliphatic heterocycles. The second-order valence-electron chi connectivity index (χ2n) is 3.08. The Bertz CT molecular complexity index is 565. The number of hydrogen-bond acceptors (Lipinski definition) is 5. The van der Waals surface area contributed by atoms with Gasteiger partial charge in [0, 0.05) is 0 Å². The van der Waals surface area contributed by atoms with Gasteiger partial charge in [-0.1, -0.05) is 12.2 Å². The first kappa shape index (κ1) is 10.7. The molecule has 1 aliphatic carbocycles. The van der Waals surface area contributed by atoms with Crippen LogP contribution in [0.2, 0.25) is 0 Å². The molecule has 0 aromatic carbocycles. The molecular weight excluding hydrogens is 235 g/mol. The zero-order valence-electron chi connectivity index (χ0n) is 7.99. The van der Waals surface area contributed by atoms with Gasteiger partial charge in [0.05, 0.1) is 0 Å². The van der Waals surface area contributed by atoms with Crippen LogP contribution in [0.4, 0.5) is 4.39 Å². The van der Waals surface area contributed by atoms with E-state index in [2.05, 4.69) is 15.5 Å². The zero-order valence-corrected chi connectivity index (χ0v) is 8.80. The summed E-state index contributed by atoms with van der Waals surface area (Å²) in [4.78, 5) is 0.0439. The molecule has 1 unspecified atom stereocenters. The van der Waals surface area contributed by atoms with Gasteiger partial charge in [-0.3, -0.25) is 0 Å². The van der Waals surface area contributed by atoms with Crippen LogP contribution in [-0.4, -0.2) is 40.2 Å². The van der Waals surface area contributed by atoms with Gasteiger partial charge >= 0.3 is 0 Å². The van der Waals surface area contributed by atoms with Crippen LogP contribution in [-0.2, 0) is 10.3 Å². The summed E-state index contributed by atoms with van der Waals surface area (Å²) in [5, 5.41) is 10.5. The molecule has 1 heterocycles. The fraction of sp³-hybridized carbons (Fsp3) is 0.250. The second-order valence-corrected chi connectivity index (χ2v) is 4.02. The molecule has 2 rings (SSSR count). The molecule has 0 spiro atoms. The van der Waals surface area contributed by atoms with E-state index in [1.807, 2.05) is 0 Å². The maximum absolute atomic E-state index is 12.4. The number of aromatic nitrogens is 4. The Labute approximate surface area is 91.6 Å². The van der Waals surface area contributed by atoms with Crippen molar-refractivity contribution in [1.82, 2.24) is 20.2 Å². The fourth-order valence-corrected chi connectivity index (χ4v) is 2.00. The first-order valence-corrected chi connectivity index (χ1v) is 5.43. The van der Waals surface area contributed by atoms with Crippen molar-refractivity contribution in [3.63, 3.8) is 0 Å². The normalized spacial score (nSPS) is 19.7. The molecular formula is C8H7FN4O2S. The molecule has 0 bridgehead atoms. The van der Waals surface area contributed by atoms with Crippen LogP contribution >= 0.6 is 0 Å². The molecule has 0 saturated carbocycles. The van der Waals surface area contributed by atoms with Crippen molar-refractivity contribution in [2.75, 3.05) is 6.67 Å². The van der Waals surface area contributed by atoms with Gasteiger partial charge in [-0.15, -0.1) is 5.10 Å². The fourth-order valence-electron chi connectivity index (χ4n) is 1.37. The molecule has 0 N–H and O–H groups in total. The molecule has 1 aliphatic rings. The van der Waals surface area contributed by atoms with Crippen molar-refractivity contribution in [2.45, 2.75) is 6.04 Å². The molecule has 0 saturated heterocycles. The van der Waals surface area contributed by atoms with Gasteiger partial charge in [0.1, 0.15) is 23.9 Å². The van der Waals surface area contributed by atoms with Crippen LogP contribution in [0.1, 0.15) is 6.04 Å². The van der Waals surface area contributed by atoms with Crippen molar-refractivity contribution in [3.05, 3.63) is 30.1 Å². The second kappa shape index (κ2) is 4.35. The topological polar surface area (TPSA) is 77.7 Å². The predicted molar refractivity (Wildman–Crippen MR) is 54.0 cm³/mol. The third-order valence-corrected chi connectivity index (χ3v) is 2.85. The third-order valence-electron chi connectivity index (χ3n) is 2.11. The molecule has 0 fully saturated rings. The number of halogens is 1. The summed E-state index contributed by atoms with van der Waals surface area (Å²) < 4.78 is 35.7. The van der Waals surface area contributed by atoms with E-state index >= 15 is 0 Å². The average molecular weight is 242 g/mol. The lowest BCUT2D eigenvalue weighted by Crippen LogP contribution is -2.20. The molecule has 1 aromatic rings. The summed E-state index contributed by atoms with van der Waals surface area (Å²) >= 11 is 0. The van der Waals surface area contributed by atoms with E-state index in [9.17, 15) is 12.8 Å². The lowest BCUT2D eigenvalue weighted by Gasteiger charge is -2.14. The minimum absolute atomic E-state index is 0.0439. The van der Waals surface area contributed by atoms with E-state index in [0.717, 1.165) is 0 Å². The summed E-state index contributed by atoms with van der Waals surface area (Å²) in [6, 6.07) is -0.608. The Kier molecular flexibility index (Phi) is 2.91. The Hall–Kier alpha value is -1.83. The predicted octanol–water partition coefficient (Wildman–Crippen LogP) is -0.269. The summed E-state index contributed by atoms with van der Waals surface area (Å²) in [6.45, 7) is -0.709. The van der Waals surface area contributed by atoms with Crippen LogP contribution in [0, 0.1) is 0 Å². The number of nitrogens with zero attached hydrogens (tertiary/aromatic N) is 4. The zero-order chi connectivity index (χ0) is 11.5. The van der Waals surface area contributed by atoms with E-state index in [-0.39, 0.29) is 4.86 Å². The highest BCUT2D eigenvalue weighted by atomic mass is 32.2. The molecule has 1 atom stereocenters. The van der Waals surface area contributed by atoms with Gasteiger partial charge in [-0.2, -0.15) is 8.42 Å². The van der Waals surface area contributed by atoms with Gasteiger partial charge in [0.15, 0.2) is 0 Å². The Morgan fingerprint density at radius 2 is 2.31 bits per heavy atom. The molecule has 6 nitrogen and oxygen atoms in total. The Morgan fingerprint density at radius 1 is 1.50 bits per heavy atom. The smallest absolute Gasteiger partial charge is 0.219 e. The lowest BCUT2D eigenvalue weighted by molar-refractivity contribution is 0.547. The maximum atomic E-state index is 12.4. The standard InChI is InChI=1S/C8H7FN4O2S/c9-4-6-1-2-7(8(3-6)16(14)15)13-5-10-11-12-13/h1-3,5,7H,4H2. The first-order chi connectivity index (χ1) is 7.72. The summed E-state index contributed by atoms with van der Waals surface area (Å²) in [5.74, 6) is 0. The van der Waals surface area contributed by atoms with Crippen molar-refractivity contribution >= 4 is 15.2 Å². The third kappa shape index (κ3) is 1.91. The molecule has 0 radical (unpaired) electrons. The monoisotopic (exact) mass is 242 g/mol. The number of alkyl halides is 1. The minimum atomic E-state index is -2.43.